The summed E-state index contributed by atoms with van der Waals surface area (Å²) in [7, 11) is 0. The summed E-state index contributed by atoms with van der Waals surface area (Å²) in [5.41, 5.74) is 2.64. The Kier molecular flexibility index (Phi) is 4.48. The molecule has 0 spiro atoms. The topological polar surface area (TPSA) is 58.2 Å². The monoisotopic (exact) mass is 372 g/mol. The molecule has 1 fully saturated rings. The summed E-state index contributed by atoms with van der Waals surface area (Å²) in [6.45, 7) is 2.00. The van der Waals surface area contributed by atoms with Crippen molar-refractivity contribution in [1.82, 2.24) is 0 Å². The van der Waals surface area contributed by atoms with Gasteiger partial charge in [-0.3, -0.25) is 9.59 Å². The molecular weight excluding hydrogens is 356 g/mol. The van der Waals surface area contributed by atoms with Gasteiger partial charge in [-0.15, -0.1) is 0 Å². The fraction of sp³-hybridized carbons (Fsp3) is 0.222. The highest BCUT2D eigenvalue weighted by atomic mass is 79.9. The molecule has 2 unspecified atom stereocenters. The lowest BCUT2D eigenvalue weighted by molar-refractivity contribution is -0.122. The van der Waals surface area contributed by atoms with Crippen molar-refractivity contribution in [3.63, 3.8) is 0 Å². The molecule has 2 amide bonds. The number of carbonyl (C=O) groups excluding carboxylic acids is 2. The number of aryl methyl sites for hydroxylation is 1. The summed E-state index contributed by atoms with van der Waals surface area (Å²) < 4.78 is 0.956. The van der Waals surface area contributed by atoms with Crippen LogP contribution in [0.4, 0.5) is 11.4 Å². The van der Waals surface area contributed by atoms with E-state index in [9.17, 15) is 9.59 Å². The molecule has 0 aliphatic heterocycles. The highest BCUT2D eigenvalue weighted by molar-refractivity contribution is 9.10. The number of nitrogens with one attached hydrogen (secondary N) is 2. The lowest BCUT2D eigenvalue weighted by atomic mass is 10.2. The molecule has 5 heteroatoms. The third-order valence-corrected chi connectivity index (χ3v) is 4.42. The predicted octanol–water partition coefficient (Wildman–Crippen LogP) is 3.97. The minimum atomic E-state index is -0.246. The van der Waals surface area contributed by atoms with Crippen molar-refractivity contribution in [2.75, 3.05) is 10.6 Å². The van der Waals surface area contributed by atoms with Crippen LogP contribution in [0.2, 0.25) is 0 Å². The second kappa shape index (κ2) is 6.54. The maximum absolute atomic E-state index is 12.2. The molecule has 0 saturated heterocycles. The van der Waals surface area contributed by atoms with E-state index in [1.165, 1.54) is 0 Å². The van der Waals surface area contributed by atoms with E-state index in [0.29, 0.717) is 6.42 Å². The average Bonchev–Trinajstić information content (AvgIpc) is 3.33. The van der Waals surface area contributed by atoms with Crippen LogP contribution in [-0.2, 0) is 9.59 Å². The predicted molar refractivity (Wildman–Crippen MR) is 94.2 cm³/mol. The summed E-state index contributed by atoms with van der Waals surface area (Å²) >= 11 is 3.35. The molecule has 1 aliphatic carbocycles. The van der Waals surface area contributed by atoms with Gasteiger partial charge in [-0.05, 0) is 49.7 Å². The third kappa shape index (κ3) is 3.99. The first-order valence-electron chi connectivity index (χ1n) is 7.47. The molecule has 118 valence electrons. The van der Waals surface area contributed by atoms with E-state index in [-0.39, 0.29) is 23.7 Å². The van der Waals surface area contributed by atoms with Crippen LogP contribution in [0.5, 0.6) is 0 Å². The van der Waals surface area contributed by atoms with Crippen LogP contribution >= 0.6 is 15.9 Å². The van der Waals surface area contributed by atoms with Crippen molar-refractivity contribution in [3.8, 4) is 0 Å². The van der Waals surface area contributed by atoms with Crippen molar-refractivity contribution < 1.29 is 9.59 Å². The Morgan fingerprint density at radius 3 is 1.78 bits per heavy atom. The van der Waals surface area contributed by atoms with Gasteiger partial charge in [0.1, 0.15) is 0 Å². The lowest BCUT2D eigenvalue weighted by Gasteiger charge is -2.06. The third-order valence-electron chi connectivity index (χ3n) is 3.89. The summed E-state index contributed by atoms with van der Waals surface area (Å²) in [4.78, 5) is 24.3. The van der Waals surface area contributed by atoms with Crippen molar-refractivity contribution in [1.29, 1.82) is 0 Å². The highest BCUT2D eigenvalue weighted by Crippen LogP contribution is 2.40. The second-order valence-electron chi connectivity index (χ2n) is 5.80. The minimum absolute atomic E-state index is 0.0928. The van der Waals surface area contributed by atoms with E-state index in [0.717, 1.165) is 21.4 Å². The van der Waals surface area contributed by atoms with Crippen LogP contribution in [0.25, 0.3) is 0 Å². The Bertz CT molecular complexity index is 662. The van der Waals surface area contributed by atoms with Gasteiger partial charge in [0.2, 0.25) is 11.8 Å². The first-order chi connectivity index (χ1) is 11.0. The van der Waals surface area contributed by atoms with Gasteiger partial charge in [-0.25, -0.2) is 0 Å². The lowest BCUT2D eigenvalue weighted by Crippen LogP contribution is -2.20. The van der Waals surface area contributed by atoms with Crippen LogP contribution in [0.3, 0.4) is 0 Å². The van der Waals surface area contributed by atoms with Gasteiger partial charge in [0.25, 0.3) is 0 Å². The first kappa shape index (κ1) is 15.7. The molecule has 0 heterocycles. The van der Waals surface area contributed by atoms with Crippen molar-refractivity contribution in [3.05, 3.63) is 58.6 Å². The largest absolute Gasteiger partial charge is 0.326 e. The number of halogens is 1. The molecule has 2 N–H and O–H groups in total. The van der Waals surface area contributed by atoms with Crippen LogP contribution in [0.1, 0.15) is 12.0 Å². The molecule has 1 saturated carbocycles. The number of hydrogen-bond acceptors (Lipinski definition) is 2. The maximum Gasteiger partial charge on any atom is 0.228 e. The first-order valence-corrected chi connectivity index (χ1v) is 8.26. The van der Waals surface area contributed by atoms with Crippen LogP contribution in [0.15, 0.2) is 53.0 Å². The van der Waals surface area contributed by atoms with Crippen LogP contribution in [-0.4, -0.2) is 11.8 Å². The van der Waals surface area contributed by atoms with Crippen molar-refractivity contribution in [2.45, 2.75) is 13.3 Å². The van der Waals surface area contributed by atoms with E-state index in [1.54, 1.807) is 0 Å². The van der Waals surface area contributed by atoms with Crippen molar-refractivity contribution >= 4 is 39.1 Å². The zero-order valence-corrected chi connectivity index (χ0v) is 14.3. The molecule has 1 aliphatic rings. The Labute approximate surface area is 143 Å². The number of carbonyl (C=O) groups is 2. The minimum Gasteiger partial charge on any atom is -0.326 e. The SMILES string of the molecule is Cc1ccc(NC(=O)C2CC2C(=O)Nc2ccc(Br)cc2)cc1. The van der Waals surface area contributed by atoms with E-state index in [2.05, 4.69) is 26.6 Å². The highest BCUT2D eigenvalue weighted by Gasteiger charge is 2.48. The Morgan fingerprint density at radius 1 is 0.870 bits per heavy atom. The summed E-state index contributed by atoms with van der Waals surface area (Å²) in [5, 5.41) is 5.71. The molecule has 2 atom stereocenters. The fourth-order valence-corrected chi connectivity index (χ4v) is 2.68. The van der Waals surface area contributed by atoms with Gasteiger partial charge < -0.3 is 10.6 Å². The molecular formula is C18H17BrN2O2. The normalized spacial score (nSPS) is 19.0. The quantitative estimate of drug-likeness (QED) is 0.852. The number of hydrogen-bond donors (Lipinski definition) is 2. The number of benzene rings is 2. The zero-order chi connectivity index (χ0) is 16.4. The van der Waals surface area contributed by atoms with E-state index >= 15 is 0 Å². The van der Waals surface area contributed by atoms with E-state index in [4.69, 9.17) is 0 Å². The molecule has 0 aromatic heterocycles. The molecule has 23 heavy (non-hydrogen) atoms. The van der Waals surface area contributed by atoms with Crippen LogP contribution < -0.4 is 10.6 Å². The number of rotatable bonds is 4. The molecule has 2 aromatic carbocycles. The molecule has 0 bridgehead atoms. The van der Waals surface area contributed by atoms with Gasteiger partial charge in [-0.2, -0.15) is 0 Å². The van der Waals surface area contributed by atoms with E-state index in [1.807, 2.05) is 55.5 Å². The van der Waals surface area contributed by atoms with Gasteiger partial charge in [0, 0.05) is 15.8 Å². The fourth-order valence-electron chi connectivity index (χ4n) is 2.41. The summed E-state index contributed by atoms with van der Waals surface area (Å²) in [5.74, 6) is -0.683. The Hall–Kier alpha value is -2.14. The number of amides is 2. The van der Waals surface area contributed by atoms with Gasteiger partial charge in [0.15, 0.2) is 0 Å². The zero-order valence-electron chi connectivity index (χ0n) is 12.7. The maximum atomic E-state index is 12.2. The van der Waals surface area contributed by atoms with Gasteiger partial charge in [0.05, 0.1) is 11.8 Å². The molecule has 2 aromatic rings. The van der Waals surface area contributed by atoms with Gasteiger partial charge in [-0.1, -0.05) is 33.6 Å². The average molecular weight is 373 g/mol. The Morgan fingerprint density at radius 2 is 1.30 bits per heavy atom. The number of anilines is 2. The van der Waals surface area contributed by atoms with E-state index < -0.39 is 0 Å². The molecule has 4 nitrogen and oxygen atoms in total. The summed E-state index contributed by atoms with van der Waals surface area (Å²) in [6.07, 6.45) is 0.597. The van der Waals surface area contributed by atoms with Crippen molar-refractivity contribution in [2.24, 2.45) is 11.8 Å². The molecule has 3 rings (SSSR count). The smallest absolute Gasteiger partial charge is 0.228 e. The summed E-state index contributed by atoms with van der Waals surface area (Å²) in [6, 6.07) is 15.0. The Balaban J connectivity index is 1.53. The standard InChI is InChI=1S/C18H17BrN2O2/c1-11-2-6-13(7-3-11)20-17(22)15-10-16(15)18(23)21-14-8-4-12(19)5-9-14/h2-9,15-16H,10H2,1H3,(H,20,22)(H,21,23). The second-order valence-corrected chi connectivity index (χ2v) is 6.72. The van der Waals surface area contributed by atoms with Crippen LogP contribution in [0, 0.1) is 18.8 Å². The van der Waals surface area contributed by atoms with Gasteiger partial charge >= 0.3 is 0 Å². The molecule has 0 radical (unpaired) electrons.